The molecule has 0 saturated heterocycles. The van der Waals surface area contributed by atoms with Crippen molar-refractivity contribution in [3.05, 3.63) is 27.1 Å². The van der Waals surface area contributed by atoms with E-state index in [2.05, 4.69) is 5.10 Å². The van der Waals surface area contributed by atoms with Crippen LogP contribution in [0, 0.1) is 0 Å². The average Bonchev–Trinajstić information content (AvgIpc) is 2.06. The van der Waals surface area contributed by atoms with Gasteiger partial charge in [-0.2, -0.15) is 5.10 Å². The second-order valence-electron chi connectivity index (χ2n) is 2.33. The van der Waals surface area contributed by atoms with E-state index in [0.717, 1.165) is 0 Å². The van der Waals surface area contributed by atoms with Crippen molar-refractivity contribution >= 4 is 11.6 Å². The lowest BCUT2D eigenvalue weighted by molar-refractivity contribution is 0.183. The van der Waals surface area contributed by atoms with Gasteiger partial charge in [-0.05, 0) is 0 Å². The first-order chi connectivity index (χ1) is 5.66. The number of aryl methyl sites for hydroxylation is 1. The summed E-state index contributed by atoms with van der Waals surface area (Å²) in [5.41, 5.74) is 0.223. The molecule has 0 radical (unpaired) electrons. The Balaban J connectivity index is 3.24. The van der Waals surface area contributed by atoms with E-state index >= 15 is 0 Å². The SMILES string of the molecule is COCc1c(Cl)cnn(C)c1=O. The largest absolute Gasteiger partial charge is 0.380 e. The molecule has 0 aromatic carbocycles. The van der Waals surface area contributed by atoms with E-state index in [4.69, 9.17) is 16.3 Å². The minimum Gasteiger partial charge on any atom is -0.380 e. The summed E-state index contributed by atoms with van der Waals surface area (Å²) in [4.78, 5) is 11.3. The van der Waals surface area contributed by atoms with Crippen molar-refractivity contribution in [2.45, 2.75) is 6.61 Å². The fourth-order valence-electron chi connectivity index (χ4n) is 0.840. The summed E-state index contributed by atoms with van der Waals surface area (Å²) in [7, 11) is 3.08. The van der Waals surface area contributed by atoms with Gasteiger partial charge < -0.3 is 4.74 Å². The van der Waals surface area contributed by atoms with Gasteiger partial charge in [0.15, 0.2) is 0 Å². The van der Waals surface area contributed by atoms with Gasteiger partial charge in [-0.1, -0.05) is 11.6 Å². The van der Waals surface area contributed by atoms with Crippen molar-refractivity contribution < 1.29 is 4.74 Å². The van der Waals surface area contributed by atoms with Crippen LogP contribution in [0.15, 0.2) is 11.0 Å². The van der Waals surface area contributed by atoms with Crippen molar-refractivity contribution in [3.63, 3.8) is 0 Å². The van der Waals surface area contributed by atoms with Gasteiger partial charge in [-0.3, -0.25) is 4.79 Å². The molecule has 0 aliphatic heterocycles. The van der Waals surface area contributed by atoms with E-state index in [0.29, 0.717) is 10.6 Å². The van der Waals surface area contributed by atoms with E-state index in [9.17, 15) is 4.79 Å². The monoisotopic (exact) mass is 188 g/mol. The zero-order valence-corrected chi connectivity index (χ0v) is 7.63. The second-order valence-corrected chi connectivity index (χ2v) is 2.74. The van der Waals surface area contributed by atoms with E-state index in [1.54, 1.807) is 7.05 Å². The first-order valence-electron chi connectivity index (χ1n) is 3.36. The summed E-state index contributed by atoms with van der Waals surface area (Å²) < 4.78 is 6.04. The van der Waals surface area contributed by atoms with E-state index in [1.165, 1.54) is 18.0 Å². The molecule has 66 valence electrons. The number of nitrogens with zero attached hydrogens (tertiary/aromatic N) is 2. The molecule has 4 nitrogen and oxygen atoms in total. The van der Waals surface area contributed by atoms with Gasteiger partial charge in [0.2, 0.25) is 0 Å². The quantitative estimate of drug-likeness (QED) is 0.682. The summed E-state index contributed by atoms with van der Waals surface area (Å²) >= 11 is 5.72. The molecule has 1 rings (SSSR count). The molecule has 0 atom stereocenters. The second kappa shape index (κ2) is 3.69. The lowest BCUT2D eigenvalue weighted by Gasteiger charge is -2.02. The third-order valence-corrected chi connectivity index (χ3v) is 1.80. The number of halogens is 1. The van der Waals surface area contributed by atoms with Crippen molar-refractivity contribution in [1.29, 1.82) is 0 Å². The molecule has 0 amide bonds. The highest BCUT2D eigenvalue weighted by molar-refractivity contribution is 6.31. The highest BCUT2D eigenvalue weighted by Gasteiger charge is 2.06. The Kier molecular flexibility index (Phi) is 2.83. The van der Waals surface area contributed by atoms with Crippen LogP contribution >= 0.6 is 11.6 Å². The van der Waals surface area contributed by atoms with Gasteiger partial charge in [0.1, 0.15) is 0 Å². The molecule has 0 spiro atoms. The van der Waals surface area contributed by atoms with Gasteiger partial charge in [0.25, 0.3) is 5.56 Å². The average molecular weight is 189 g/mol. The Labute approximate surface area is 74.7 Å². The fourth-order valence-corrected chi connectivity index (χ4v) is 1.02. The van der Waals surface area contributed by atoms with Gasteiger partial charge in [-0.15, -0.1) is 0 Å². The number of methoxy groups -OCH3 is 1. The molecule has 0 bridgehead atoms. The number of hydrogen-bond donors (Lipinski definition) is 0. The molecule has 5 heteroatoms. The normalized spacial score (nSPS) is 10.2. The van der Waals surface area contributed by atoms with Gasteiger partial charge in [-0.25, -0.2) is 4.68 Å². The summed E-state index contributed by atoms with van der Waals surface area (Å²) in [6.45, 7) is 0.216. The highest BCUT2D eigenvalue weighted by atomic mass is 35.5. The van der Waals surface area contributed by atoms with Crippen LogP contribution in [0.1, 0.15) is 5.56 Å². The lowest BCUT2D eigenvalue weighted by Crippen LogP contribution is -2.23. The third kappa shape index (κ3) is 1.65. The molecule has 0 aliphatic rings. The Morgan fingerprint density at radius 1 is 1.75 bits per heavy atom. The topological polar surface area (TPSA) is 44.1 Å². The van der Waals surface area contributed by atoms with Crippen LogP contribution in [0.4, 0.5) is 0 Å². The Morgan fingerprint density at radius 3 is 3.00 bits per heavy atom. The van der Waals surface area contributed by atoms with Crippen LogP contribution in [0.2, 0.25) is 5.02 Å². The minimum absolute atomic E-state index is 0.216. The Morgan fingerprint density at radius 2 is 2.42 bits per heavy atom. The molecule has 0 N–H and O–H groups in total. The summed E-state index contributed by atoms with van der Waals surface area (Å²) in [5.74, 6) is 0. The van der Waals surface area contributed by atoms with Crippen LogP contribution in [-0.2, 0) is 18.4 Å². The molecule has 1 aromatic heterocycles. The van der Waals surface area contributed by atoms with Gasteiger partial charge in [0, 0.05) is 14.2 Å². The first kappa shape index (κ1) is 9.22. The van der Waals surface area contributed by atoms with Crippen molar-refractivity contribution in [2.24, 2.45) is 7.05 Å². The molecular formula is C7H9ClN2O2. The maximum Gasteiger partial charge on any atom is 0.273 e. The van der Waals surface area contributed by atoms with E-state index in [-0.39, 0.29) is 12.2 Å². The summed E-state index contributed by atoms with van der Waals surface area (Å²) in [6, 6.07) is 0. The Hall–Kier alpha value is -0.870. The zero-order chi connectivity index (χ0) is 9.14. The maximum absolute atomic E-state index is 11.3. The number of rotatable bonds is 2. The predicted octanol–water partition coefficient (Wildman–Crippen LogP) is 0.580. The molecule has 12 heavy (non-hydrogen) atoms. The predicted molar refractivity (Wildman–Crippen MR) is 45.2 cm³/mol. The van der Waals surface area contributed by atoms with Crippen LogP contribution in [-0.4, -0.2) is 16.9 Å². The van der Waals surface area contributed by atoms with Crippen LogP contribution in [0.3, 0.4) is 0 Å². The maximum atomic E-state index is 11.3. The molecular weight excluding hydrogens is 180 g/mol. The van der Waals surface area contributed by atoms with Crippen molar-refractivity contribution in [2.75, 3.05) is 7.11 Å². The van der Waals surface area contributed by atoms with Crippen molar-refractivity contribution in [1.82, 2.24) is 9.78 Å². The van der Waals surface area contributed by atoms with Gasteiger partial charge in [0.05, 0.1) is 23.4 Å². The molecule has 1 aromatic rings. The summed E-state index contributed by atoms with van der Waals surface area (Å²) in [6.07, 6.45) is 1.43. The molecule has 0 fully saturated rings. The molecule has 1 heterocycles. The van der Waals surface area contributed by atoms with E-state index in [1.807, 2.05) is 0 Å². The molecule has 0 saturated carbocycles. The van der Waals surface area contributed by atoms with Crippen LogP contribution in [0.25, 0.3) is 0 Å². The minimum atomic E-state index is -0.218. The zero-order valence-electron chi connectivity index (χ0n) is 6.87. The third-order valence-electron chi connectivity index (χ3n) is 1.47. The van der Waals surface area contributed by atoms with E-state index < -0.39 is 0 Å². The fraction of sp³-hybridized carbons (Fsp3) is 0.429. The lowest BCUT2D eigenvalue weighted by atomic mass is 10.3. The number of hydrogen-bond acceptors (Lipinski definition) is 3. The standard InChI is InChI=1S/C7H9ClN2O2/c1-10-7(11)5(4-12-2)6(8)3-9-10/h3H,4H2,1-2H3. The smallest absolute Gasteiger partial charge is 0.273 e. The van der Waals surface area contributed by atoms with Crippen LogP contribution < -0.4 is 5.56 Å². The highest BCUT2D eigenvalue weighted by Crippen LogP contribution is 2.09. The number of ether oxygens (including phenoxy) is 1. The molecule has 0 aliphatic carbocycles. The molecule has 0 unspecified atom stereocenters. The number of aromatic nitrogens is 2. The van der Waals surface area contributed by atoms with Crippen molar-refractivity contribution in [3.8, 4) is 0 Å². The van der Waals surface area contributed by atoms with Gasteiger partial charge >= 0.3 is 0 Å². The Bertz CT molecular complexity index is 335. The van der Waals surface area contributed by atoms with Crippen LogP contribution in [0.5, 0.6) is 0 Å². The first-order valence-corrected chi connectivity index (χ1v) is 3.74. The summed E-state index contributed by atoms with van der Waals surface area (Å²) in [5, 5.41) is 4.08.